The maximum absolute atomic E-state index is 13.8. The third-order valence-corrected chi connectivity index (χ3v) is 6.29. The van der Waals surface area contributed by atoms with E-state index in [9.17, 15) is 32.7 Å². The van der Waals surface area contributed by atoms with Gasteiger partial charge in [0, 0.05) is 29.8 Å². The summed E-state index contributed by atoms with van der Waals surface area (Å²) in [5, 5.41) is 9.29. The Bertz CT molecular complexity index is 1640. The Hall–Kier alpha value is -5.07. The Balaban J connectivity index is 1.81. The van der Waals surface area contributed by atoms with Crippen molar-refractivity contribution >= 4 is 40.6 Å². The first-order chi connectivity index (χ1) is 18.5. The number of carbonyl (C=O) groups excluding carboxylic acids is 2. The quantitative estimate of drug-likeness (QED) is 0.353. The molecule has 1 atom stereocenters. The fourth-order valence-corrected chi connectivity index (χ4v) is 4.49. The van der Waals surface area contributed by atoms with Crippen molar-refractivity contribution in [3.05, 3.63) is 83.4 Å². The van der Waals surface area contributed by atoms with Crippen molar-refractivity contribution in [2.75, 3.05) is 24.0 Å². The van der Waals surface area contributed by atoms with Crippen molar-refractivity contribution in [3.8, 4) is 5.75 Å². The minimum absolute atomic E-state index is 0.00263. The van der Waals surface area contributed by atoms with Crippen LogP contribution < -0.4 is 14.5 Å². The number of benzene rings is 3. The van der Waals surface area contributed by atoms with E-state index in [1.807, 2.05) is 0 Å². The van der Waals surface area contributed by atoms with Crippen LogP contribution in [-0.2, 0) is 15.3 Å². The van der Waals surface area contributed by atoms with Crippen molar-refractivity contribution in [2.24, 2.45) is 0 Å². The van der Waals surface area contributed by atoms with Crippen molar-refractivity contribution in [1.82, 2.24) is 9.97 Å². The SMILES string of the molecule is COc1cccc(N2C(=O)c3ccccc3C2(OC(=O)C(F)(F)F)c2ccc3nc(N(C)C(=O)O)[nH]c3c2)c1. The van der Waals surface area contributed by atoms with Gasteiger partial charge < -0.3 is 19.6 Å². The number of esters is 1. The number of imidazole rings is 1. The van der Waals surface area contributed by atoms with Gasteiger partial charge in [-0.1, -0.05) is 30.3 Å². The number of H-pyrrole nitrogens is 1. The zero-order chi connectivity index (χ0) is 28.1. The van der Waals surface area contributed by atoms with E-state index >= 15 is 0 Å². The van der Waals surface area contributed by atoms with E-state index in [0.717, 1.165) is 9.80 Å². The number of aromatic amines is 1. The molecule has 1 aliphatic heterocycles. The smallest absolute Gasteiger partial charge is 0.491 e. The first kappa shape index (κ1) is 25.6. The lowest BCUT2D eigenvalue weighted by atomic mass is 9.92. The highest BCUT2D eigenvalue weighted by atomic mass is 19.4. The van der Waals surface area contributed by atoms with Gasteiger partial charge in [0.2, 0.25) is 11.7 Å². The second kappa shape index (κ2) is 9.04. The van der Waals surface area contributed by atoms with Gasteiger partial charge in [-0.05, 0) is 30.3 Å². The molecule has 1 aromatic heterocycles. The zero-order valence-corrected chi connectivity index (χ0v) is 20.3. The molecule has 2 N–H and O–H groups in total. The van der Waals surface area contributed by atoms with Crippen LogP contribution in [0.25, 0.3) is 11.0 Å². The van der Waals surface area contributed by atoms with E-state index in [1.165, 1.54) is 74.8 Å². The van der Waals surface area contributed by atoms with Crippen LogP contribution in [0, 0.1) is 0 Å². The maximum Gasteiger partial charge on any atom is 0.491 e. The molecule has 0 spiro atoms. The number of nitrogens with zero attached hydrogens (tertiary/aromatic N) is 3. The van der Waals surface area contributed by atoms with Crippen LogP contribution in [0.15, 0.2) is 66.7 Å². The fourth-order valence-electron chi connectivity index (χ4n) is 4.49. The van der Waals surface area contributed by atoms with Crippen LogP contribution in [0.1, 0.15) is 21.5 Å². The van der Waals surface area contributed by atoms with Gasteiger partial charge in [-0.15, -0.1) is 0 Å². The number of alkyl halides is 3. The van der Waals surface area contributed by atoms with Crippen LogP contribution >= 0.6 is 0 Å². The molecule has 0 saturated carbocycles. The van der Waals surface area contributed by atoms with Crippen molar-refractivity contribution in [3.63, 3.8) is 0 Å². The van der Waals surface area contributed by atoms with Gasteiger partial charge in [0.15, 0.2) is 0 Å². The number of hydrogen-bond donors (Lipinski definition) is 2. The summed E-state index contributed by atoms with van der Waals surface area (Å²) >= 11 is 0. The third-order valence-electron chi connectivity index (χ3n) is 6.29. The molecule has 0 fully saturated rings. The van der Waals surface area contributed by atoms with E-state index in [0.29, 0.717) is 5.75 Å². The Kier molecular flexibility index (Phi) is 5.93. The standard InChI is InChI=1S/C26H19F3N4O6/c1-32(24(36)37)23-30-19-11-10-14(12-20(19)31-23)25(39-22(35)26(27,28)29)18-9-4-3-8-17(18)21(34)33(25)15-6-5-7-16(13-15)38-2/h3-13H,1-2H3,(H,30,31)(H,36,37). The van der Waals surface area contributed by atoms with Gasteiger partial charge in [0.25, 0.3) is 5.91 Å². The number of nitrogens with one attached hydrogen (secondary N) is 1. The molecule has 1 aliphatic rings. The molecule has 13 heteroatoms. The summed E-state index contributed by atoms with van der Waals surface area (Å²) in [5.41, 5.74) is -1.80. The normalized spacial score (nSPS) is 16.7. The second-order valence-corrected chi connectivity index (χ2v) is 8.55. The van der Waals surface area contributed by atoms with Gasteiger partial charge in [-0.2, -0.15) is 13.2 Å². The molecular weight excluding hydrogens is 521 g/mol. The predicted octanol–water partition coefficient (Wildman–Crippen LogP) is 4.65. The number of fused-ring (bicyclic) bond motifs is 2. The summed E-state index contributed by atoms with van der Waals surface area (Å²) in [4.78, 5) is 46.4. The Morgan fingerprint density at radius 1 is 1.08 bits per heavy atom. The number of carboxylic acid groups (broad SMARTS) is 1. The lowest BCUT2D eigenvalue weighted by molar-refractivity contribution is -0.211. The van der Waals surface area contributed by atoms with Gasteiger partial charge in [0.1, 0.15) is 5.75 Å². The summed E-state index contributed by atoms with van der Waals surface area (Å²) in [6, 6.07) is 16.0. The number of hydrogen-bond acceptors (Lipinski definition) is 6. The number of aromatic nitrogens is 2. The number of methoxy groups -OCH3 is 1. The van der Waals surface area contributed by atoms with E-state index in [1.54, 1.807) is 6.07 Å². The number of anilines is 2. The average molecular weight is 540 g/mol. The summed E-state index contributed by atoms with van der Waals surface area (Å²) < 4.78 is 51.5. The Labute approximate surface area is 218 Å². The monoisotopic (exact) mass is 540 g/mol. The lowest BCUT2D eigenvalue weighted by Crippen LogP contribution is -2.50. The molecule has 5 rings (SSSR count). The van der Waals surface area contributed by atoms with E-state index in [-0.39, 0.29) is 39.4 Å². The largest absolute Gasteiger partial charge is 0.497 e. The minimum Gasteiger partial charge on any atom is -0.497 e. The number of halogens is 3. The van der Waals surface area contributed by atoms with E-state index in [2.05, 4.69) is 9.97 Å². The number of carbonyl (C=O) groups is 3. The predicted molar refractivity (Wildman–Crippen MR) is 132 cm³/mol. The number of rotatable bonds is 5. The molecular formula is C26H19F3N4O6. The summed E-state index contributed by atoms with van der Waals surface area (Å²) in [7, 11) is 2.64. The number of amides is 2. The van der Waals surface area contributed by atoms with Crippen LogP contribution in [0.3, 0.4) is 0 Å². The van der Waals surface area contributed by atoms with Crippen LogP contribution in [0.4, 0.5) is 29.6 Å². The van der Waals surface area contributed by atoms with E-state index in [4.69, 9.17) is 9.47 Å². The minimum atomic E-state index is -5.39. The zero-order valence-electron chi connectivity index (χ0n) is 20.3. The molecule has 3 aromatic carbocycles. The lowest BCUT2D eigenvalue weighted by Gasteiger charge is -2.39. The van der Waals surface area contributed by atoms with Crippen LogP contribution in [0.5, 0.6) is 5.75 Å². The second-order valence-electron chi connectivity index (χ2n) is 8.55. The topological polar surface area (TPSA) is 125 Å². The Morgan fingerprint density at radius 2 is 1.82 bits per heavy atom. The first-order valence-corrected chi connectivity index (χ1v) is 11.3. The first-order valence-electron chi connectivity index (χ1n) is 11.3. The summed E-state index contributed by atoms with van der Waals surface area (Å²) in [6.07, 6.45) is -6.69. The summed E-state index contributed by atoms with van der Waals surface area (Å²) in [6.45, 7) is 0. The van der Waals surface area contributed by atoms with Gasteiger partial charge >= 0.3 is 18.2 Å². The third kappa shape index (κ3) is 4.07. The highest BCUT2D eigenvalue weighted by molar-refractivity contribution is 6.13. The maximum atomic E-state index is 13.8. The molecule has 4 aromatic rings. The highest BCUT2D eigenvalue weighted by Gasteiger charge is 2.58. The molecule has 1 unspecified atom stereocenters. The van der Waals surface area contributed by atoms with Crippen LogP contribution in [-0.4, -0.2) is 53.4 Å². The van der Waals surface area contributed by atoms with Crippen molar-refractivity contribution in [2.45, 2.75) is 11.9 Å². The molecule has 0 bridgehead atoms. The molecule has 200 valence electrons. The van der Waals surface area contributed by atoms with Crippen molar-refractivity contribution < 1.29 is 42.1 Å². The molecule has 39 heavy (non-hydrogen) atoms. The van der Waals surface area contributed by atoms with Crippen LogP contribution in [0.2, 0.25) is 0 Å². The number of ether oxygens (including phenoxy) is 2. The van der Waals surface area contributed by atoms with E-state index < -0.39 is 29.9 Å². The summed E-state index contributed by atoms with van der Waals surface area (Å²) in [5.74, 6) is -2.98. The van der Waals surface area contributed by atoms with Crippen molar-refractivity contribution in [1.29, 1.82) is 0 Å². The highest BCUT2D eigenvalue weighted by Crippen LogP contribution is 2.49. The molecule has 2 amide bonds. The van der Waals surface area contributed by atoms with Gasteiger partial charge in [-0.25, -0.2) is 14.6 Å². The van der Waals surface area contributed by atoms with Gasteiger partial charge in [0.05, 0.1) is 23.8 Å². The molecule has 10 nitrogen and oxygen atoms in total. The fraction of sp³-hybridized carbons (Fsp3) is 0.154. The molecule has 0 saturated heterocycles. The molecule has 2 heterocycles. The molecule has 0 radical (unpaired) electrons. The Morgan fingerprint density at radius 3 is 2.51 bits per heavy atom. The van der Waals surface area contributed by atoms with Gasteiger partial charge in [-0.3, -0.25) is 14.6 Å². The average Bonchev–Trinajstić information content (AvgIpc) is 3.45. The molecule has 0 aliphatic carbocycles.